The number of nitrogens with one attached hydrogen (secondary N) is 1. The highest BCUT2D eigenvalue weighted by Crippen LogP contribution is 2.19. The Labute approximate surface area is 165 Å². The van der Waals surface area contributed by atoms with E-state index in [1.54, 1.807) is 21.6 Å². The number of benzene rings is 2. The Hall–Kier alpha value is -3.52. The fourth-order valence-corrected chi connectivity index (χ4v) is 3.03. The molecule has 2 aromatic carbocycles. The van der Waals surface area contributed by atoms with Gasteiger partial charge in [0.1, 0.15) is 6.33 Å². The molecule has 4 aromatic rings. The maximum atomic E-state index is 12.5. The van der Waals surface area contributed by atoms with Crippen LogP contribution in [-0.4, -0.2) is 35.9 Å². The molecule has 0 saturated carbocycles. The van der Waals surface area contributed by atoms with Crippen molar-refractivity contribution in [2.45, 2.75) is 13.5 Å². The lowest BCUT2D eigenvalue weighted by molar-refractivity contribution is 0.102. The molecule has 0 spiro atoms. The highest BCUT2D eigenvalue weighted by molar-refractivity contribution is 6.31. The number of aromatic nitrogens is 6. The lowest BCUT2D eigenvalue weighted by Gasteiger charge is -2.08. The van der Waals surface area contributed by atoms with Crippen molar-refractivity contribution in [2.24, 2.45) is 0 Å². The standard InChI is InChI=1S/C19H16ClN7O/c1-13-8-16(6-7-18(13)27-12-21-24-25-27)23-19(28)15-9-22-26(11-15)10-14-4-2-3-5-17(14)20/h2-9,11-12H,10H2,1H3,(H,23,28). The lowest BCUT2D eigenvalue weighted by Crippen LogP contribution is -2.11. The van der Waals surface area contributed by atoms with E-state index in [0.717, 1.165) is 16.8 Å². The molecule has 8 nitrogen and oxygen atoms in total. The van der Waals surface area contributed by atoms with Gasteiger partial charge in [0.15, 0.2) is 0 Å². The van der Waals surface area contributed by atoms with Crippen LogP contribution >= 0.6 is 11.6 Å². The van der Waals surface area contributed by atoms with Crippen LogP contribution in [0.1, 0.15) is 21.5 Å². The fourth-order valence-electron chi connectivity index (χ4n) is 2.83. The van der Waals surface area contributed by atoms with Gasteiger partial charge in [-0.1, -0.05) is 29.8 Å². The number of hydrogen-bond donors (Lipinski definition) is 1. The van der Waals surface area contributed by atoms with Gasteiger partial charge in [-0.25, -0.2) is 4.68 Å². The summed E-state index contributed by atoms with van der Waals surface area (Å²) < 4.78 is 3.25. The summed E-state index contributed by atoms with van der Waals surface area (Å²) in [5, 5.41) is 18.9. The molecule has 0 aliphatic carbocycles. The second-order valence-electron chi connectivity index (χ2n) is 6.23. The molecule has 1 N–H and O–H groups in total. The first-order valence-electron chi connectivity index (χ1n) is 8.51. The van der Waals surface area contributed by atoms with Crippen molar-refractivity contribution in [3.63, 3.8) is 0 Å². The summed E-state index contributed by atoms with van der Waals surface area (Å²) in [4.78, 5) is 12.5. The van der Waals surface area contributed by atoms with Gasteiger partial charge >= 0.3 is 0 Å². The highest BCUT2D eigenvalue weighted by atomic mass is 35.5. The number of aryl methyl sites for hydroxylation is 1. The summed E-state index contributed by atoms with van der Waals surface area (Å²) in [6, 6.07) is 13.1. The second-order valence-corrected chi connectivity index (χ2v) is 6.63. The van der Waals surface area contributed by atoms with E-state index in [1.807, 2.05) is 43.3 Å². The molecule has 28 heavy (non-hydrogen) atoms. The molecule has 0 aliphatic heterocycles. The molecule has 0 unspecified atom stereocenters. The first-order valence-corrected chi connectivity index (χ1v) is 8.89. The molecule has 0 bridgehead atoms. The third-order valence-electron chi connectivity index (χ3n) is 4.24. The van der Waals surface area contributed by atoms with Crippen LogP contribution in [0.2, 0.25) is 5.02 Å². The number of nitrogens with zero attached hydrogens (tertiary/aromatic N) is 6. The third-order valence-corrected chi connectivity index (χ3v) is 4.60. The van der Waals surface area contributed by atoms with Crippen molar-refractivity contribution in [1.82, 2.24) is 30.0 Å². The average molecular weight is 394 g/mol. The maximum absolute atomic E-state index is 12.5. The number of rotatable bonds is 5. The van der Waals surface area contributed by atoms with Crippen LogP contribution in [0.15, 0.2) is 61.2 Å². The molecule has 0 radical (unpaired) electrons. The SMILES string of the molecule is Cc1cc(NC(=O)c2cnn(Cc3ccccc3Cl)c2)ccc1-n1cnnn1. The molecule has 2 aromatic heterocycles. The van der Waals surface area contributed by atoms with Crippen LogP contribution in [-0.2, 0) is 6.54 Å². The van der Waals surface area contributed by atoms with E-state index in [9.17, 15) is 4.79 Å². The minimum Gasteiger partial charge on any atom is -0.322 e. The zero-order chi connectivity index (χ0) is 19.5. The first kappa shape index (κ1) is 17.9. The number of hydrogen-bond acceptors (Lipinski definition) is 5. The summed E-state index contributed by atoms with van der Waals surface area (Å²) in [6.45, 7) is 2.42. The van der Waals surface area contributed by atoms with Crippen molar-refractivity contribution in [3.8, 4) is 5.69 Å². The Morgan fingerprint density at radius 3 is 2.82 bits per heavy atom. The minimum atomic E-state index is -0.236. The van der Waals surface area contributed by atoms with Gasteiger partial charge in [0.05, 0.1) is 24.0 Å². The van der Waals surface area contributed by atoms with E-state index in [-0.39, 0.29) is 5.91 Å². The number of amides is 1. The van der Waals surface area contributed by atoms with Crippen LogP contribution in [0.4, 0.5) is 5.69 Å². The second kappa shape index (κ2) is 7.61. The molecule has 1 amide bonds. The molecule has 0 atom stereocenters. The molecule has 2 heterocycles. The Kier molecular flexibility index (Phi) is 4.86. The van der Waals surface area contributed by atoms with E-state index in [1.165, 1.54) is 12.5 Å². The third kappa shape index (κ3) is 3.77. The summed E-state index contributed by atoms with van der Waals surface area (Å²) in [5.74, 6) is -0.236. The van der Waals surface area contributed by atoms with Crippen molar-refractivity contribution in [1.29, 1.82) is 0 Å². The van der Waals surface area contributed by atoms with Gasteiger partial charge in [0.25, 0.3) is 5.91 Å². The molecular formula is C19H16ClN7O. The van der Waals surface area contributed by atoms with Crippen LogP contribution < -0.4 is 5.32 Å². The lowest BCUT2D eigenvalue weighted by atomic mass is 10.1. The average Bonchev–Trinajstić information content (AvgIpc) is 3.36. The van der Waals surface area contributed by atoms with Crippen molar-refractivity contribution in [3.05, 3.63) is 82.9 Å². The van der Waals surface area contributed by atoms with E-state index in [2.05, 4.69) is 25.9 Å². The Bertz CT molecular complexity index is 1120. The van der Waals surface area contributed by atoms with Crippen LogP contribution in [0, 0.1) is 6.92 Å². The van der Waals surface area contributed by atoms with Crippen LogP contribution in [0.3, 0.4) is 0 Å². The Morgan fingerprint density at radius 1 is 1.21 bits per heavy atom. The Morgan fingerprint density at radius 2 is 2.07 bits per heavy atom. The normalized spacial score (nSPS) is 10.8. The van der Waals surface area contributed by atoms with Crippen molar-refractivity contribution in [2.75, 3.05) is 5.32 Å². The van der Waals surface area contributed by atoms with Gasteiger partial charge in [-0.2, -0.15) is 5.10 Å². The minimum absolute atomic E-state index is 0.236. The van der Waals surface area contributed by atoms with Gasteiger partial charge < -0.3 is 5.32 Å². The van der Waals surface area contributed by atoms with Crippen LogP contribution in [0.5, 0.6) is 0 Å². The van der Waals surface area contributed by atoms with Crippen molar-refractivity contribution < 1.29 is 4.79 Å². The van der Waals surface area contributed by atoms with Crippen LogP contribution in [0.25, 0.3) is 5.69 Å². The van der Waals surface area contributed by atoms with Crippen molar-refractivity contribution >= 4 is 23.2 Å². The Balaban J connectivity index is 1.46. The van der Waals surface area contributed by atoms with Gasteiger partial charge in [0.2, 0.25) is 0 Å². The zero-order valence-electron chi connectivity index (χ0n) is 15.0. The smallest absolute Gasteiger partial charge is 0.258 e. The summed E-state index contributed by atoms with van der Waals surface area (Å²) >= 11 is 6.18. The highest BCUT2D eigenvalue weighted by Gasteiger charge is 2.11. The first-order chi connectivity index (χ1) is 13.6. The van der Waals surface area contributed by atoms with Gasteiger partial charge in [-0.3, -0.25) is 9.48 Å². The summed E-state index contributed by atoms with van der Waals surface area (Å²) in [6.07, 6.45) is 4.75. The largest absolute Gasteiger partial charge is 0.322 e. The molecular weight excluding hydrogens is 378 g/mol. The molecule has 9 heteroatoms. The maximum Gasteiger partial charge on any atom is 0.258 e. The number of halogens is 1. The molecule has 4 rings (SSSR count). The number of tetrazole rings is 1. The molecule has 0 fully saturated rings. The fraction of sp³-hybridized carbons (Fsp3) is 0.105. The molecule has 0 saturated heterocycles. The van der Waals surface area contributed by atoms with Gasteiger partial charge in [-0.15, -0.1) is 5.10 Å². The number of anilines is 1. The summed E-state index contributed by atoms with van der Waals surface area (Å²) in [5.41, 5.74) is 3.86. The van der Waals surface area contributed by atoms with E-state index in [0.29, 0.717) is 22.8 Å². The zero-order valence-corrected chi connectivity index (χ0v) is 15.7. The predicted molar refractivity (Wildman–Crippen MR) is 105 cm³/mol. The number of carbonyl (C=O) groups excluding carboxylic acids is 1. The summed E-state index contributed by atoms with van der Waals surface area (Å²) in [7, 11) is 0. The predicted octanol–water partition coefficient (Wildman–Crippen LogP) is 3.12. The van der Waals surface area contributed by atoms with E-state index < -0.39 is 0 Å². The van der Waals surface area contributed by atoms with E-state index >= 15 is 0 Å². The number of carbonyl (C=O) groups is 1. The quantitative estimate of drug-likeness (QED) is 0.562. The molecule has 0 aliphatic rings. The monoisotopic (exact) mass is 393 g/mol. The van der Waals surface area contributed by atoms with Gasteiger partial charge in [-0.05, 0) is 52.7 Å². The molecule has 140 valence electrons. The topological polar surface area (TPSA) is 90.5 Å². The van der Waals surface area contributed by atoms with Gasteiger partial charge in [0, 0.05) is 16.9 Å². The van der Waals surface area contributed by atoms with E-state index in [4.69, 9.17) is 11.6 Å².